The molecule has 0 rings (SSSR count). The molecular formula is C12H27N. The molecule has 0 aliphatic rings. The molecule has 0 N–H and O–H groups in total. The van der Waals surface area contributed by atoms with Crippen LogP contribution in [0, 0.1) is 11.8 Å². The van der Waals surface area contributed by atoms with E-state index in [1.807, 2.05) is 0 Å². The van der Waals surface area contributed by atoms with Gasteiger partial charge in [-0.05, 0) is 32.6 Å². The average molecular weight is 185 g/mol. The van der Waals surface area contributed by atoms with Crippen LogP contribution in [0.4, 0.5) is 0 Å². The first-order chi connectivity index (χ1) is 5.73. The minimum atomic E-state index is 0.314. The van der Waals surface area contributed by atoms with Crippen molar-refractivity contribution in [2.45, 2.75) is 54.0 Å². The maximum Gasteiger partial charge on any atom is 0.0125 e. The Bertz CT molecular complexity index is 121. The number of hydrogen-bond donors (Lipinski definition) is 0. The Morgan fingerprint density at radius 1 is 0.846 bits per heavy atom. The van der Waals surface area contributed by atoms with Crippen LogP contribution in [-0.4, -0.2) is 23.5 Å². The molecule has 0 aliphatic heterocycles. The third kappa shape index (κ3) is 6.09. The molecule has 0 unspecified atom stereocenters. The molecule has 13 heavy (non-hydrogen) atoms. The fourth-order valence-electron chi connectivity index (χ4n) is 1.50. The second-order valence-corrected chi connectivity index (χ2v) is 5.86. The van der Waals surface area contributed by atoms with Gasteiger partial charge in [-0.1, -0.05) is 27.7 Å². The van der Waals surface area contributed by atoms with Gasteiger partial charge in [0.25, 0.3) is 0 Å². The van der Waals surface area contributed by atoms with E-state index in [9.17, 15) is 0 Å². The Hall–Kier alpha value is -0.0400. The highest BCUT2D eigenvalue weighted by Crippen LogP contribution is 2.17. The van der Waals surface area contributed by atoms with E-state index in [1.165, 1.54) is 13.1 Å². The molecule has 0 saturated carbocycles. The summed E-state index contributed by atoms with van der Waals surface area (Å²) in [5.41, 5.74) is 0.314. The molecule has 0 aromatic carbocycles. The van der Waals surface area contributed by atoms with Crippen molar-refractivity contribution >= 4 is 0 Å². The summed E-state index contributed by atoms with van der Waals surface area (Å²) in [5.74, 6) is 1.52. The van der Waals surface area contributed by atoms with Gasteiger partial charge in [0.1, 0.15) is 0 Å². The maximum atomic E-state index is 2.59. The monoisotopic (exact) mass is 185 g/mol. The summed E-state index contributed by atoms with van der Waals surface area (Å²) in [6.07, 6.45) is 0. The molecule has 1 heteroatoms. The summed E-state index contributed by atoms with van der Waals surface area (Å²) in [7, 11) is 0. The van der Waals surface area contributed by atoms with E-state index >= 15 is 0 Å². The fraction of sp³-hybridized carbons (Fsp3) is 1.00. The van der Waals surface area contributed by atoms with Crippen LogP contribution in [0.5, 0.6) is 0 Å². The molecule has 0 amide bonds. The normalized spacial score (nSPS) is 13.4. The molecule has 0 bridgehead atoms. The van der Waals surface area contributed by atoms with Gasteiger partial charge in [-0.15, -0.1) is 0 Å². The van der Waals surface area contributed by atoms with Crippen LogP contribution < -0.4 is 0 Å². The fourth-order valence-corrected chi connectivity index (χ4v) is 1.50. The van der Waals surface area contributed by atoms with E-state index in [2.05, 4.69) is 53.4 Å². The van der Waals surface area contributed by atoms with Crippen LogP contribution >= 0.6 is 0 Å². The maximum absolute atomic E-state index is 2.59. The molecule has 0 atom stereocenters. The predicted molar refractivity (Wildman–Crippen MR) is 61.0 cm³/mol. The SMILES string of the molecule is CC(C)CN(CC(C)C)C(C)(C)C. The highest BCUT2D eigenvalue weighted by atomic mass is 15.2. The van der Waals surface area contributed by atoms with Gasteiger partial charge in [-0.25, -0.2) is 0 Å². The predicted octanol–water partition coefficient (Wildman–Crippen LogP) is 3.40. The van der Waals surface area contributed by atoms with Gasteiger partial charge in [0.2, 0.25) is 0 Å². The van der Waals surface area contributed by atoms with Gasteiger partial charge in [0.15, 0.2) is 0 Å². The Labute approximate surface area is 84.5 Å². The largest absolute Gasteiger partial charge is 0.298 e. The molecule has 0 aromatic rings. The average Bonchev–Trinajstić information content (AvgIpc) is 1.81. The van der Waals surface area contributed by atoms with E-state index < -0.39 is 0 Å². The van der Waals surface area contributed by atoms with Gasteiger partial charge >= 0.3 is 0 Å². The van der Waals surface area contributed by atoms with Crippen molar-refractivity contribution in [3.8, 4) is 0 Å². The first-order valence-corrected chi connectivity index (χ1v) is 5.48. The summed E-state index contributed by atoms with van der Waals surface area (Å²) in [4.78, 5) is 2.59. The molecule has 0 fully saturated rings. The van der Waals surface area contributed by atoms with Gasteiger partial charge < -0.3 is 0 Å². The van der Waals surface area contributed by atoms with Crippen LogP contribution in [-0.2, 0) is 0 Å². The van der Waals surface area contributed by atoms with Crippen molar-refractivity contribution in [2.24, 2.45) is 11.8 Å². The lowest BCUT2D eigenvalue weighted by molar-refractivity contribution is 0.105. The lowest BCUT2D eigenvalue weighted by Crippen LogP contribution is -2.45. The molecule has 0 spiro atoms. The number of hydrogen-bond acceptors (Lipinski definition) is 1. The van der Waals surface area contributed by atoms with Gasteiger partial charge in [0, 0.05) is 18.6 Å². The summed E-state index contributed by atoms with van der Waals surface area (Å²) in [5, 5.41) is 0. The van der Waals surface area contributed by atoms with Crippen LogP contribution in [0.25, 0.3) is 0 Å². The molecule has 0 saturated heterocycles. The van der Waals surface area contributed by atoms with E-state index in [0.29, 0.717) is 5.54 Å². The lowest BCUT2D eigenvalue weighted by atomic mass is 10.0. The van der Waals surface area contributed by atoms with Crippen molar-refractivity contribution in [1.82, 2.24) is 4.90 Å². The first kappa shape index (κ1) is 13.0. The summed E-state index contributed by atoms with van der Waals surface area (Å²) < 4.78 is 0. The van der Waals surface area contributed by atoms with E-state index in [0.717, 1.165) is 11.8 Å². The summed E-state index contributed by atoms with van der Waals surface area (Å²) in [6.45, 7) is 18.5. The summed E-state index contributed by atoms with van der Waals surface area (Å²) in [6, 6.07) is 0. The van der Waals surface area contributed by atoms with Crippen LogP contribution in [0.1, 0.15) is 48.5 Å². The van der Waals surface area contributed by atoms with Crippen molar-refractivity contribution in [2.75, 3.05) is 13.1 Å². The van der Waals surface area contributed by atoms with Crippen molar-refractivity contribution in [1.29, 1.82) is 0 Å². The van der Waals surface area contributed by atoms with Gasteiger partial charge in [-0.2, -0.15) is 0 Å². The Kier molecular flexibility index (Phi) is 4.98. The smallest absolute Gasteiger partial charge is 0.0125 e. The highest BCUT2D eigenvalue weighted by Gasteiger charge is 2.22. The van der Waals surface area contributed by atoms with Crippen molar-refractivity contribution < 1.29 is 0 Å². The zero-order chi connectivity index (χ0) is 10.6. The molecular weight excluding hydrogens is 158 g/mol. The first-order valence-electron chi connectivity index (χ1n) is 5.48. The van der Waals surface area contributed by atoms with Crippen LogP contribution in [0.2, 0.25) is 0 Å². The molecule has 0 radical (unpaired) electrons. The number of rotatable bonds is 4. The van der Waals surface area contributed by atoms with Gasteiger partial charge in [-0.3, -0.25) is 4.90 Å². The minimum absolute atomic E-state index is 0.314. The Balaban J connectivity index is 4.20. The molecule has 0 aliphatic carbocycles. The van der Waals surface area contributed by atoms with Crippen LogP contribution in [0.15, 0.2) is 0 Å². The van der Waals surface area contributed by atoms with Crippen LogP contribution in [0.3, 0.4) is 0 Å². The zero-order valence-electron chi connectivity index (χ0n) is 10.5. The topological polar surface area (TPSA) is 3.24 Å². The Morgan fingerprint density at radius 2 is 1.15 bits per heavy atom. The second kappa shape index (κ2) is 4.99. The third-order valence-corrected chi connectivity index (χ3v) is 2.12. The minimum Gasteiger partial charge on any atom is -0.298 e. The van der Waals surface area contributed by atoms with E-state index in [1.54, 1.807) is 0 Å². The molecule has 0 aromatic heterocycles. The molecule has 80 valence electrons. The standard InChI is InChI=1S/C12H27N/c1-10(2)8-13(9-11(3)4)12(5,6)7/h10-11H,8-9H2,1-7H3. The zero-order valence-corrected chi connectivity index (χ0v) is 10.5. The van der Waals surface area contributed by atoms with E-state index in [-0.39, 0.29) is 0 Å². The second-order valence-electron chi connectivity index (χ2n) is 5.86. The van der Waals surface area contributed by atoms with Gasteiger partial charge in [0.05, 0.1) is 0 Å². The van der Waals surface area contributed by atoms with Crippen molar-refractivity contribution in [3.05, 3.63) is 0 Å². The Morgan fingerprint density at radius 3 is 1.31 bits per heavy atom. The quantitative estimate of drug-likeness (QED) is 0.649. The number of nitrogens with zero attached hydrogens (tertiary/aromatic N) is 1. The highest BCUT2D eigenvalue weighted by molar-refractivity contribution is 4.77. The molecule has 0 heterocycles. The third-order valence-electron chi connectivity index (χ3n) is 2.12. The lowest BCUT2D eigenvalue weighted by Gasteiger charge is -2.38. The van der Waals surface area contributed by atoms with Crippen molar-refractivity contribution in [3.63, 3.8) is 0 Å². The summed E-state index contributed by atoms with van der Waals surface area (Å²) >= 11 is 0. The van der Waals surface area contributed by atoms with E-state index in [4.69, 9.17) is 0 Å². The molecule has 1 nitrogen and oxygen atoms in total.